The summed E-state index contributed by atoms with van der Waals surface area (Å²) >= 11 is 3.22. The van der Waals surface area contributed by atoms with Gasteiger partial charge in [0.2, 0.25) is 0 Å². The summed E-state index contributed by atoms with van der Waals surface area (Å²) in [6, 6.07) is 6.55. The lowest BCUT2D eigenvalue weighted by atomic mass is 10.0. The Kier molecular flexibility index (Phi) is 4.80. The molecule has 0 fully saturated rings. The third-order valence-electron chi connectivity index (χ3n) is 3.04. The zero-order valence-electron chi connectivity index (χ0n) is 10.4. The predicted molar refractivity (Wildman–Crippen MR) is 77.2 cm³/mol. The first-order chi connectivity index (χ1) is 8.28. The Bertz CT molecular complexity index is 501. The molecule has 1 rings (SSSR count). The fourth-order valence-corrected chi connectivity index (χ4v) is 4.10. The summed E-state index contributed by atoms with van der Waals surface area (Å²) in [6.45, 7) is 3.29. The number of benzene rings is 1. The molecule has 6 heteroatoms. The number of alkyl halides is 1. The van der Waals surface area contributed by atoms with Gasteiger partial charge in [-0.1, -0.05) is 41.9 Å². The minimum atomic E-state index is -3.43. The molecule has 0 spiro atoms. The second-order valence-electron chi connectivity index (χ2n) is 4.11. The highest BCUT2D eigenvalue weighted by atomic mass is 79.9. The Hall–Kier alpha value is -0.590. The van der Waals surface area contributed by atoms with Crippen molar-refractivity contribution in [2.45, 2.75) is 30.0 Å². The monoisotopic (exact) mass is 335 g/mol. The quantitative estimate of drug-likeness (QED) is 0.638. The van der Waals surface area contributed by atoms with Crippen molar-refractivity contribution in [2.75, 3.05) is 11.5 Å². The lowest BCUT2D eigenvalue weighted by Crippen LogP contribution is -2.39. The highest BCUT2D eigenvalue weighted by molar-refractivity contribution is 9.11. The van der Waals surface area contributed by atoms with Crippen molar-refractivity contribution in [3.63, 3.8) is 0 Å². The lowest BCUT2D eigenvalue weighted by Gasteiger charge is -2.31. The average molecular weight is 336 g/mol. The van der Waals surface area contributed by atoms with Crippen molar-refractivity contribution >= 4 is 31.5 Å². The average Bonchev–Trinajstić information content (AvgIpc) is 2.37. The number of nitrogen functional groups attached to an aromatic ring is 1. The van der Waals surface area contributed by atoms with Crippen LogP contribution >= 0.6 is 15.9 Å². The molecule has 0 aliphatic heterocycles. The van der Waals surface area contributed by atoms with Crippen LogP contribution in [0.5, 0.6) is 0 Å². The van der Waals surface area contributed by atoms with Crippen LogP contribution in [0.1, 0.15) is 31.9 Å². The molecule has 0 bridgehead atoms. The predicted octanol–water partition coefficient (Wildman–Crippen LogP) is 2.24. The fraction of sp³-hybridized carbons (Fsp3) is 0.500. The molecule has 0 heterocycles. The van der Waals surface area contributed by atoms with Crippen LogP contribution in [0.15, 0.2) is 24.3 Å². The van der Waals surface area contributed by atoms with Gasteiger partial charge in [0.05, 0.1) is 0 Å². The van der Waals surface area contributed by atoms with Gasteiger partial charge in [-0.2, -0.15) is 0 Å². The van der Waals surface area contributed by atoms with Gasteiger partial charge in [-0.3, -0.25) is 0 Å². The maximum Gasteiger partial charge on any atom is 0.168 e. The second kappa shape index (κ2) is 5.59. The van der Waals surface area contributed by atoms with E-state index >= 15 is 0 Å². The normalized spacial score (nSPS) is 17.1. The Morgan fingerprint density at radius 3 is 2.22 bits per heavy atom. The number of hydrogen-bond acceptors (Lipinski definition) is 4. The van der Waals surface area contributed by atoms with E-state index in [0.29, 0.717) is 11.3 Å². The Morgan fingerprint density at radius 2 is 1.83 bits per heavy atom. The van der Waals surface area contributed by atoms with Gasteiger partial charge in [-0.15, -0.1) is 0 Å². The molecule has 4 nitrogen and oxygen atoms in total. The van der Waals surface area contributed by atoms with Crippen LogP contribution in [0.25, 0.3) is 0 Å². The van der Waals surface area contributed by atoms with Crippen LogP contribution in [-0.4, -0.2) is 22.9 Å². The Morgan fingerprint density at radius 1 is 1.33 bits per heavy atom. The van der Waals surface area contributed by atoms with E-state index < -0.39 is 19.6 Å². The summed E-state index contributed by atoms with van der Waals surface area (Å²) in [5, 5.41) is 10.3. The maximum absolute atomic E-state index is 12.1. The summed E-state index contributed by atoms with van der Waals surface area (Å²) in [6.07, 6.45) is -0.859. The molecule has 0 aliphatic carbocycles. The van der Waals surface area contributed by atoms with Crippen molar-refractivity contribution in [1.82, 2.24) is 0 Å². The number of aliphatic hydroxyl groups is 1. The number of halogens is 1. The van der Waals surface area contributed by atoms with Gasteiger partial charge in [-0.25, -0.2) is 8.42 Å². The molecule has 0 unspecified atom stereocenters. The standard InChI is InChI=1S/C12H18BrNO3S/c1-3-12(13,18(16,17)4-2)11(15)9-5-7-10(14)8-6-9/h5-8,11,15H,3-4,14H2,1-2H3/t11-,12+/m1/s1. The lowest BCUT2D eigenvalue weighted by molar-refractivity contribution is 0.160. The van der Waals surface area contributed by atoms with Gasteiger partial charge in [0, 0.05) is 11.4 Å². The Balaban J connectivity index is 3.21. The second-order valence-corrected chi connectivity index (χ2v) is 8.59. The number of sulfone groups is 1. The molecule has 0 aliphatic rings. The molecule has 102 valence electrons. The highest BCUT2D eigenvalue weighted by Crippen LogP contribution is 2.42. The molecule has 1 aromatic rings. The molecule has 0 radical (unpaired) electrons. The number of rotatable bonds is 5. The van der Waals surface area contributed by atoms with Gasteiger partial charge in [0.1, 0.15) is 6.10 Å². The molecule has 0 amide bonds. The number of anilines is 1. The number of hydrogen-bond donors (Lipinski definition) is 2. The van der Waals surface area contributed by atoms with Crippen molar-refractivity contribution in [3.05, 3.63) is 29.8 Å². The van der Waals surface area contributed by atoms with Gasteiger partial charge < -0.3 is 10.8 Å². The third-order valence-corrected chi connectivity index (χ3v) is 7.82. The molecule has 0 saturated heterocycles. The van der Waals surface area contributed by atoms with E-state index in [2.05, 4.69) is 15.9 Å². The topological polar surface area (TPSA) is 80.4 Å². The van der Waals surface area contributed by atoms with Crippen molar-refractivity contribution in [3.8, 4) is 0 Å². The fourth-order valence-electron chi connectivity index (χ4n) is 1.75. The van der Waals surface area contributed by atoms with E-state index in [-0.39, 0.29) is 12.2 Å². The van der Waals surface area contributed by atoms with Crippen LogP contribution in [0.3, 0.4) is 0 Å². The smallest absolute Gasteiger partial charge is 0.168 e. The summed E-state index contributed by atoms with van der Waals surface area (Å²) in [5.41, 5.74) is 6.67. The van der Waals surface area contributed by atoms with Crippen molar-refractivity contribution in [1.29, 1.82) is 0 Å². The highest BCUT2D eigenvalue weighted by Gasteiger charge is 2.45. The zero-order chi connectivity index (χ0) is 14.0. The van der Waals surface area contributed by atoms with Crippen LogP contribution in [0, 0.1) is 0 Å². The van der Waals surface area contributed by atoms with Gasteiger partial charge in [0.25, 0.3) is 0 Å². The number of aliphatic hydroxyl groups excluding tert-OH is 1. The summed E-state index contributed by atoms with van der Waals surface area (Å²) in [7, 11) is -3.43. The summed E-state index contributed by atoms with van der Waals surface area (Å²) in [5.74, 6) is -0.0296. The molecule has 0 aromatic heterocycles. The molecular weight excluding hydrogens is 318 g/mol. The summed E-state index contributed by atoms with van der Waals surface area (Å²) < 4.78 is 22.8. The van der Waals surface area contributed by atoms with E-state index in [4.69, 9.17) is 5.73 Å². The minimum absolute atomic E-state index is 0.0296. The molecular formula is C12H18BrNO3S. The van der Waals surface area contributed by atoms with E-state index in [1.54, 1.807) is 38.1 Å². The molecule has 1 aromatic carbocycles. The van der Waals surface area contributed by atoms with Crippen molar-refractivity contribution in [2.24, 2.45) is 0 Å². The minimum Gasteiger partial charge on any atom is -0.399 e. The molecule has 18 heavy (non-hydrogen) atoms. The zero-order valence-corrected chi connectivity index (χ0v) is 12.8. The maximum atomic E-state index is 12.1. The van der Waals surface area contributed by atoms with Gasteiger partial charge >= 0.3 is 0 Å². The van der Waals surface area contributed by atoms with E-state index in [0.717, 1.165) is 0 Å². The van der Waals surface area contributed by atoms with Gasteiger partial charge in [-0.05, 0) is 24.1 Å². The first-order valence-corrected chi connectivity index (χ1v) is 8.17. The molecule has 3 N–H and O–H groups in total. The van der Waals surface area contributed by atoms with Crippen LogP contribution in [0.2, 0.25) is 0 Å². The Labute approximate surface area is 116 Å². The third kappa shape index (κ3) is 2.70. The SMILES string of the molecule is CC[C@@](Br)([C@H](O)c1ccc(N)cc1)S(=O)(=O)CC. The molecule has 0 saturated carbocycles. The van der Waals surface area contributed by atoms with E-state index in [1.165, 1.54) is 0 Å². The summed E-state index contributed by atoms with van der Waals surface area (Å²) in [4.78, 5) is 0. The number of nitrogens with two attached hydrogens (primary N) is 1. The van der Waals surface area contributed by atoms with Crippen LogP contribution in [-0.2, 0) is 9.84 Å². The first kappa shape index (κ1) is 15.5. The van der Waals surface area contributed by atoms with Gasteiger partial charge in [0.15, 0.2) is 13.5 Å². The van der Waals surface area contributed by atoms with E-state index in [1.807, 2.05) is 0 Å². The molecule has 2 atom stereocenters. The van der Waals surface area contributed by atoms with Crippen molar-refractivity contribution < 1.29 is 13.5 Å². The first-order valence-electron chi connectivity index (χ1n) is 5.73. The van der Waals surface area contributed by atoms with Crippen LogP contribution < -0.4 is 5.73 Å². The largest absolute Gasteiger partial charge is 0.399 e. The van der Waals surface area contributed by atoms with Crippen LogP contribution in [0.4, 0.5) is 5.69 Å². The van der Waals surface area contributed by atoms with E-state index in [9.17, 15) is 13.5 Å².